The van der Waals surface area contributed by atoms with Crippen molar-refractivity contribution in [3.8, 4) is 17.2 Å². The summed E-state index contributed by atoms with van der Waals surface area (Å²) < 4.78 is 5.17. The van der Waals surface area contributed by atoms with Crippen LogP contribution >= 0.6 is 0 Å². The number of rotatable bonds is 5. The number of benzene rings is 2. The van der Waals surface area contributed by atoms with Crippen LogP contribution in [0.15, 0.2) is 42.0 Å². The molecule has 3 rings (SSSR count). The summed E-state index contributed by atoms with van der Waals surface area (Å²) in [6.45, 7) is 1.71. The molecular weight excluding hydrogens is 398 g/mol. The Morgan fingerprint density at radius 1 is 1.17 bits per heavy atom. The van der Waals surface area contributed by atoms with Gasteiger partial charge in [0.25, 0.3) is 11.8 Å². The molecule has 1 aliphatic rings. The molecule has 3 N–H and O–H groups in total. The minimum absolute atomic E-state index is 0.0291. The molecule has 2 aromatic rings. The van der Waals surface area contributed by atoms with Gasteiger partial charge in [0, 0.05) is 6.07 Å². The first-order chi connectivity index (χ1) is 14.2. The molecule has 0 aromatic heterocycles. The second kappa shape index (κ2) is 7.91. The van der Waals surface area contributed by atoms with E-state index in [4.69, 9.17) is 4.74 Å². The number of ether oxygens (including phenoxy) is 1. The Morgan fingerprint density at radius 2 is 1.83 bits per heavy atom. The standard InChI is InChI=1S/C19H15N3O8/c1-2-30-15-9-10(8-14(16(15)24)22(28)29)7-13-17(25)20-19(27)21(18(13)26)11-3-5-12(23)6-4-11/h3-9,23-24H,2H2,1H3,(H,20,25,27)/b13-7+. The van der Waals surface area contributed by atoms with Crippen LogP contribution in [-0.4, -0.2) is 39.6 Å². The third-order valence-electron chi connectivity index (χ3n) is 4.09. The molecule has 0 unspecified atom stereocenters. The average molecular weight is 413 g/mol. The maximum absolute atomic E-state index is 12.8. The van der Waals surface area contributed by atoms with Crippen molar-refractivity contribution in [2.45, 2.75) is 6.92 Å². The molecule has 1 aliphatic heterocycles. The van der Waals surface area contributed by atoms with Gasteiger partial charge < -0.3 is 14.9 Å². The smallest absolute Gasteiger partial charge is 0.335 e. The number of aromatic hydroxyl groups is 2. The third-order valence-corrected chi connectivity index (χ3v) is 4.09. The first kappa shape index (κ1) is 20.3. The van der Waals surface area contributed by atoms with Gasteiger partial charge in [-0.1, -0.05) is 0 Å². The van der Waals surface area contributed by atoms with Crippen LogP contribution in [0.2, 0.25) is 0 Å². The molecule has 11 nitrogen and oxygen atoms in total. The fourth-order valence-corrected chi connectivity index (χ4v) is 2.76. The summed E-state index contributed by atoms with van der Waals surface area (Å²) in [6, 6.07) is 6.32. The van der Waals surface area contributed by atoms with Crippen molar-refractivity contribution in [2.75, 3.05) is 11.5 Å². The van der Waals surface area contributed by atoms with E-state index in [-0.39, 0.29) is 29.4 Å². The Hall–Kier alpha value is -4.41. The average Bonchev–Trinajstić information content (AvgIpc) is 2.68. The van der Waals surface area contributed by atoms with E-state index in [2.05, 4.69) is 0 Å². The van der Waals surface area contributed by atoms with E-state index in [1.54, 1.807) is 6.92 Å². The highest BCUT2D eigenvalue weighted by atomic mass is 16.6. The minimum atomic E-state index is -0.992. The summed E-state index contributed by atoms with van der Waals surface area (Å²) in [7, 11) is 0. The lowest BCUT2D eigenvalue weighted by atomic mass is 10.1. The lowest BCUT2D eigenvalue weighted by molar-refractivity contribution is -0.386. The summed E-state index contributed by atoms with van der Waals surface area (Å²) >= 11 is 0. The Balaban J connectivity index is 2.08. The van der Waals surface area contributed by atoms with Crippen molar-refractivity contribution in [1.82, 2.24) is 5.32 Å². The van der Waals surface area contributed by atoms with Crippen molar-refractivity contribution in [2.24, 2.45) is 0 Å². The molecule has 0 bridgehead atoms. The van der Waals surface area contributed by atoms with Crippen LogP contribution in [-0.2, 0) is 9.59 Å². The summed E-state index contributed by atoms with van der Waals surface area (Å²) in [4.78, 5) is 48.3. The zero-order chi connectivity index (χ0) is 22.0. The maximum Gasteiger partial charge on any atom is 0.335 e. The first-order valence-corrected chi connectivity index (χ1v) is 8.57. The number of imide groups is 2. The lowest BCUT2D eigenvalue weighted by Gasteiger charge is -2.26. The van der Waals surface area contributed by atoms with Crippen molar-refractivity contribution < 1.29 is 34.3 Å². The molecule has 1 fully saturated rings. The number of urea groups is 1. The molecule has 2 aromatic carbocycles. The lowest BCUT2D eigenvalue weighted by Crippen LogP contribution is -2.54. The number of barbiturate groups is 1. The number of nitro benzene ring substituents is 1. The van der Waals surface area contributed by atoms with Gasteiger partial charge in [0.2, 0.25) is 5.75 Å². The van der Waals surface area contributed by atoms with Crippen LogP contribution in [0.1, 0.15) is 12.5 Å². The van der Waals surface area contributed by atoms with Gasteiger partial charge in [-0.25, -0.2) is 9.69 Å². The molecule has 30 heavy (non-hydrogen) atoms. The van der Waals surface area contributed by atoms with Crippen molar-refractivity contribution in [3.05, 3.63) is 57.6 Å². The largest absolute Gasteiger partial charge is 0.508 e. The highest BCUT2D eigenvalue weighted by molar-refractivity contribution is 6.39. The van der Waals surface area contributed by atoms with Crippen LogP contribution in [0.5, 0.6) is 17.2 Å². The summed E-state index contributed by atoms with van der Waals surface area (Å²) in [6.07, 6.45) is 1.05. The molecular formula is C19H15N3O8. The van der Waals surface area contributed by atoms with E-state index >= 15 is 0 Å². The van der Waals surface area contributed by atoms with Gasteiger partial charge in [-0.15, -0.1) is 0 Å². The van der Waals surface area contributed by atoms with Gasteiger partial charge in [-0.2, -0.15) is 0 Å². The maximum atomic E-state index is 12.8. The van der Waals surface area contributed by atoms with Crippen LogP contribution in [0.3, 0.4) is 0 Å². The molecule has 0 atom stereocenters. The second-order valence-corrected chi connectivity index (χ2v) is 6.05. The van der Waals surface area contributed by atoms with E-state index in [9.17, 15) is 34.7 Å². The van der Waals surface area contributed by atoms with Gasteiger partial charge in [0.1, 0.15) is 11.3 Å². The number of amides is 4. The topological polar surface area (TPSA) is 159 Å². The molecule has 0 radical (unpaired) electrons. The Bertz CT molecular complexity index is 1090. The van der Waals surface area contributed by atoms with Crippen LogP contribution in [0, 0.1) is 10.1 Å². The van der Waals surface area contributed by atoms with Gasteiger partial charge in [-0.3, -0.25) is 25.0 Å². The van der Waals surface area contributed by atoms with Crippen molar-refractivity contribution in [3.63, 3.8) is 0 Å². The minimum Gasteiger partial charge on any atom is -0.508 e. The van der Waals surface area contributed by atoms with Crippen LogP contribution in [0.4, 0.5) is 16.2 Å². The Labute approximate surface area is 168 Å². The van der Waals surface area contributed by atoms with Gasteiger partial charge in [0.05, 0.1) is 17.2 Å². The SMILES string of the molecule is CCOc1cc(/C=C2\C(=O)NC(=O)N(c3ccc(O)cc3)C2=O)cc([N+](=O)[O-])c1O. The number of phenolic OH excluding ortho intramolecular Hbond substituents is 2. The number of hydrogen-bond donors (Lipinski definition) is 3. The number of phenols is 2. The van der Waals surface area contributed by atoms with E-state index in [1.165, 1.54) is 30.3 Å². The zero-order valence-corrected chi connectivity index (χ0v) is 15.5. The van der Waals surface area contributed by atoms with E-state index in [0.717, 1.165) is 12.1 Å². The molecule has 1 saturated heterocycles. The number of nitrogens with one attached hydrogen (secondary N) is 1. The molecule has 0 saturated carbocycles. The van der Waals surface area contributed by atoms with Crippen LogP contribution in [0.25, 0.3) is 6.08 Å². The van der Waals surface area contributed by atoms with Crippen molar-refractivity contribution >= 4 is 35.3 Å². The third kappa shape index (κ3) is 3.76. The Kier molecular flexibility index (Phi) is 5.36. The van der Waals surface area contributed by atoms with Crippen molar-refractivity contribution in [1.29, 1.82) is 0 Å². The number of hydrogen-bond acceptors (Lipinski definition) is 8. The molecule has 1 heterocycles. The molecule has 0 aliphatic carbocycles. The normalized spacial score (nSPS) is 15.3. The molecule has 0 spiro atoms. The molecule has 4 amide bonds. The predicted molar refractivity (Wildman–Crippen MR) is 103 cm³/mol. The summed E-state index contributed by atoms with van der Waals surface area (Å²) in [5.41, 5.74) is -1.02. The molecule has 11 heteroatoms. The zero-order valence-electron chi connectivity index (χ0n) is 15.5. The quantitative estimate of drug-likeness (QED) is 0.291. The van der Waals surface area contributed by atoms with Gasteiger partial charge in [0.15, 0.2) is 5.75 Å². The number of anilines is 1. The first-order valence-electron chi connectivity index (χ1n) is 8.57. The number of carbonyl (C=O) groups excluding carboxylic acids is 3. The monoisotopic (exact) mass is 413 g/mol. The van der Waals surface area contributed by atoms with E-state index in [0.29, 0.717) is 4.90 Å². The van der Waals surface area contributed by atoms with Gasteiger partial charge >= 0.3 is 11.7 Å². The highest BCUT2D eigenvalue weighted by Crippen LogP contribution is 2.38. The van der Waals surface area contributed by atoms with E-state index < -0.39 is 39.8 Å². The Morgan fingerprint density at radius 3 is 2.43 bits per heavy atom. The number of nitrogens with zero attached hydrogens (tertiary/aromatic N) is 2. The highest BCUT2D eigenvalue weighted by Gasteiger charge is 2.37. The molecule has 154 valence electrons. The summed E-state index contributed by atoms with van der Waals surface area (Å²) in [5.74, 6) is -2.94. The number of carbonyl (C=O) groups is 3. The number of nitro groups is 1. The summed E-state index contributed by atoms with van der Waals surface area (Å²) in [5, 5.41) is 32.6. The van der Waals surface area contributed by atoms with Gasteiger partial charge in [-0.05, 0) is 48.9 Å². The fraction of sp³-hybridized carbons (Fsp3) is 0.105. The fourth-order valence-electron chi connectivity index (χ4n) is 2.76. The van der Waals surface area contributed by atoms with E-state index in [1.807, 2.05) is 5.32 Å². The van der Waals surface area contributed by atoms with Crippen LogP contribution < -0.4 is 15.0 Å². The predicted octanol–water partition coefficient (Wildman–Crippen LogP) is 2.07. The second-order valence-electron chi connectivity index (χ2n) is 6.05.